The molecule has 2 aliphatic rings. The van der Waals surface area contributed by atoms with Crippen LogP contribution in [-0.2, 0) is 30.3 Å². The quantitative estimate of drug-likeness (QED) is 0.571. The van der Waals surface area contributed by atoms with Crippen molar-refractivity contribution in [2.75, 3.05) is 59.1 Å². The molecule has 176 valence electrons. The third-order valence-electron chi connectivity index (χ3n) is 6.19. The summed E-state index contributed by atoms with van der Waals surface area (Å²) in [5.74, 6) is -0.445. The van der Waals surface area contributed by atoms with Gasteiger partial charge in [0.2, 0.25) is 17.7 Å². The van der Waals surface area contributed by atoms with Gasteiger partial charge in [-0.15, -0.1) is 0 Å². The summed E-state index contributed by atoms with van der Waals surface area (Å²) in [6.07, 6.45) is 0.984. The third kappa shape index (κ3) is 6.53. The van der Waals surface area contributed by atoms with E-state index < -0.39 is 6.10 Å². The number of hydrogen-bond acceptors (Lipinski definition) is 5. The van der Waals surface area contributed by atoms with Crippen LogP contribution >= 0.6 is 0 Å². The summed E-state index contributed by atoms with van der Waals surface area (Å²) in [7, 11) is 0. The van der Waals surface area contributed by atoms with Crippen molar-refractivity contribution >= 4 is 17.7 Å². The molecule has 2 atom stereocenters. The summed E-state index contributed by atoms with van der Waals surface area (Å²) in [6, 6.07) is 10.0. The summed E-state index contributed by atoms with van der Waals surface area (Å²) in [4.78, 5) is 43.5. The highest BCUT2D eigenvalue weighted by Gasteiger charge is 2.35. The maximum atomic E-state index is 13.0. The molecule has 0 bridgehead atoms. The summed E-state index contributed by atoms with van der Waals surface area (Å²) in [6.45, 7) is 7.26. The number of amides is 3. The fraction of sp³-hybridized carbons (Fsp3) is 0.625. The lowest BCUT2D eigenvalue weighted by atomic mass is 10.1. The standard InChI is InChI=1S/C24H35N3O5/c1-3-25(4-2)23(29)18-32-21-14-26(12-10-19-8-6-5-7-9-19)22(28)16-27(15-21)24(30)20-11-13-31-17-20/h5-9,20-21H,3-4,10-18H2,1-2H3/t20-,21+/m1/s1. The molecule has 0 N–H and O–H groups in total. The lowest BCUT2D eigenvalue weighted by Crippen LogP contribution is -2.43. The summed E-state index contributed by atoms with van der Waals surface area (Å²) in [5, 5.41) is 0. The normalized spacial score (nSPS) is 21.5. The molecule has 3 amide bonds. The van der Waals surface area contributed by atoms with Gasteiger partial charge in [0, 0.05) is 39.3 Å². The average Bonchev–Trinajstić information content (AvgIpc) is 3.29. The maximum absolute atomic E-state index is 13.0. The van der Waals surface area contributed by atoms with Crippen molar-refractivity contribution in [2.45, 2.75) is 32.8 Å². The predicted molar refractivity (Wildman–Crippen MR) is 120 cm³/mol. The van der Waals surface area contributed by atoms with Crippen molar-refractivity contribution in [3.05, 3.63) is 35.9 Å². The molecular formula is C24H35N3O5. The monoisotopic (exact) mass is 445 g/mol. The molecule has 0 unspecified atom stereocenters. The number of rotatable bonds is 9. The molecule has 2 saturated heterocycles. The highest BCUT2D eigenvalue weighted by molar-refractivity contribution is 5.86. The van der Waals surface area contributed by atoms with Crippen LogP contribution in [0.25, 0.3) is 0 Å². The van der Waals surface area contributed by atoms with E-state index in [2.05, 4.69) is 0 Å². The number of likely N-dealkylation sites (N-methyl/N-ethyl adjacent to an activating group) is 1. The Hall–Kier alpha value is -2.45. The maximum Gasteiger partial charge on any atom is 0.248 e. The SMILES string of the molecule is CCN(CC)C(=O)CO[C@H]1CN(CCc2ccccc2)C(=O)CN(C(=O)[C@@H]2CCOC2)C1. The van der Waals surface area contributed by atoms with Crippen molar-refractivity contribution in [3.63, 3.8) is 0 Å². The van der Waals surface area contributed by atoms with Crippen LogP contribution in [0.2, 0.25) is 0 Å². The lowest BCUT2D eigenvalue weighted by Gasteiger charge is -2.27. The van der Waals surface area contributed by atoms with Gasteiger partial charge in [-0.25, -0.2) is 0 Å². The Morgan fingerprint density at radius 1 is 1.16 bits per heavy atom. The molecule has 0 radical (unpaired) electrons. The van der Waals surface area contributed by atoms with E-state index in [-0.39, 0.29) is 36.8 Å². The Labute approximate surface area is 190 Å². The van der Waals surface area contributed by atoms with Crippen molar-refractivity contribution < 1.29 is 23.9 Å². The van der Waals surface area contributed by atoms with Crippen LogP contribution in [0.3, 0.4) is 0 Å². The van der Waals surface area contributed by atoms with Crippen molar-refractivity contribution in [1.82, 2.24) is 14.7 Å². The van der Waals surface area contributed by atoms with Gasteiger partial charge >= 0.3 is 0 Å². The second kappa shape index (κ2) is 12.0. The fourth-order valence-corrected chi connectivity index (χ4v) is 4.22. The Morgan fingerprint density at radius 2 is 1.91 bits per heavy atom. The molecule has 2 heterocycles. The van der Waals surface area contributed by atoms with Crippen LogP contribution in [-0.4, -0.2) is 97.6 Å². The molecule has 0 saturated carbocycles. The average molecular weight is 446 g/mol. The van der Waals surface area contributed by atoms with E-state index in [0.717, 1.165) is 12.0 Å². The molecule has 8 nitrogen and oxygen atoms in total. The first kappa shape index (κ1) is 24.2. The van der Waals surface area contributed by atoms with Crippen LogP contribution in [0, 0.1) is 5.92 Å². The Bertz CT molecular complexity index is 762. The second-order valence-corrected chi connectivity index (χ2v) is 8.35. The number of benzene rings is 1. The number of carbonyl (C=O) groups is 3. The van der Waals surface area contributed by atoms with Crippen LogP contribution in [0.15, 0.2) is 30.3 Å². The molecule has 0 aromatic heterocycles. The first-order chi connectivity index (χ1) is 15.5. The molecule has 2 aliphatic heterocycles. The number of carbonyl (C=O) groups excluding carboxylic acids is 3. The van der Waals surface area contributed by atoms with E-state index in [4.69, 9.17) is 9.47 Å². The summed E-state index contributed by atoms with van der Waals surface area (Å²) < 4.78 is 11.3. The highest BCUT2D eigenvalue weighted by Crippen LogP contribution is 2.18. The van der Waals surface area contributed by atoms with E-state index in [1.165, 1.54) is 0 Å². The number of nitrogens with zero attached hydrogens (tertiary/aromatic N) is 3. The van der Waals surface area contributed by atoms with Gasteiger partial charge in [-0.2, -0.15) is 0 Å². The Kier molecular flexibility index (Phi) is 9.05. The number of hydrogen-bond donors (Lipinski definition) is 0. The lowest BCUT2D eigenvalue weighted by molar-refractivity contribution is -0.142. The van der Waals surface area contributed by atoms with Gasteiger partial charge < -0.3 is 24.2 Å². The first-order valence-corrected chi connectivity index (χ1v) is 11.6. The van der Waals surface area contributed by atoms with Crippen LogP contribution in [0.1, 0.15) is 25.8 Å². The third-order valence-corrected chi connectivity index (χ3v) is 6.19. The largest absolute Gasteiger partial charge is 0.381 e. The number of ether oxygens (including phenoxy) is 2. The van der Waals surface area contributed by atoms with Gasteiger partial charge in [0.25, 0.3) is 0 Å². The van der Waals surface area contributed by atoms with Gasteiger partial charge in [0.15, 0.2) is 0 Å². The van der Waals surface area contributed by atoms with E-state index in [1.807, 2.05) is 44.2 Å². The summed E-state index contributed by atoms with van der Waals surface area (Å²) >= 11 is 0. The van der Waals surface area contributed by atoms with Crippen molar-refractivity contribution in [1.29, 1.82) is 0 Å². The second-order valence-electron chi connectivity index (χ2n) is 8.35. The molecular weight excluding hydrogens is 410 g/mol. The van der Waals surface area contributed by atoms with E-state index in [9.17, 15) is 14.4 Å². The van der Waals surface area contributed by atoms with Gasteiger partial charge in [0.05, 0.1) is 25.2 Å². The van der Waals surface area contributed by atoms with E-state index >= 15 is 0 Å². The van der Waals surface area contributed by atoms with Crippen molar-refractivity contribution in [3.8, 4) is 0 Å². The van der Waals surface area contributed by atoms with Gasteiger partial charge in [-0.3, -0.25) is 14.4 Å². The van der Waals surface area contributed by atoms with E-state index in [0.29, 0.717) is 52.4 Å². The molecule has 3 rings (SSSR count). The molecule has 1 aromatic rings. The molecule has 32 heavy (non-hydrogen) atoms. The van der Waals surface area contributed by atoms with Gasteiger partial charge in [-0.05, 0) is 32.3 Å². The minimum absolute atomic E-state index is 0.0357. The Morgan fingerprint density at radius 3 is 2.56 bits per heavy atom. The van der Waals surface area contributed by atoms with Gasteiger partial charge in [-0.1, -0.05) is 30.3 Å². The molecule has 0 spiro atoms. The predicted octanol–water partition coefficient (Wildman–Crippen LogP) is 1.19. The molecule has 8 heteroatoms. The molecule has 0 aliphatic carbocycles. The topological polar surface area (TPSA) is 79.4 Å². The molecule has 1 aromatic carbocycles. The van der Waals surface area contributed by atoms with Crippen LogP contribution in [0.5, 0.6) is 0 Å². The Balaban J connectivity index is 1.68. The van der Waals surface area contributed by atoms with Crippen molar-refractivity contribution in [2.24, 2.45) is 5.92 Å². The van der Waals surface area contributed by atoms with Gasteiger partial charge in [0.1, 0.15) is 6.61 Å². The smallest absolute Gasteiger partial charge is 0.248 e. The zero-order chi connectivity index (χ0) is 22.9. The van der Waals surface area contributed by atoms with E-state index in [1.54, 1.807) is 14.7 Å². The molecule has 2 fully saturated rings. The minimum Gasteiger partial charge on any atom is -0.381 e. The summed E-state index contributed by atoms with van der Waals surface area (Å²) in [5.41, 5.74) is 1.15. The zero-order valence-corrected chi connectivity index (χ0v) is 19.2. The highest BCUT2D eigenvalue weighted by atomic mass is 16.5. The minimum atomic E-state index is -0.414. The van der Waals surface area contributed by atoms with Crippen LogP contribution in [0.4, 0.5) is 0 Å². The van der Waals surface area contributed by atoms with Crippen LogP contribution < -0.4 is 0 Å². The fourth-order valence-electron chi connectivity index (χ4n) is 4.22. The zero-order valence-electron chi connectivity index (χ0n) is 19.2. The first-order valence-electron chi connectivity index (χ1n) is 11.6.